The van der Waals surface area contributed by atoms with Gasteiger partial charge in [-0.1, -0.05) is 11.6 Å². The van der Waals surface area contributed by atoms with Gasteiger partial charge in [0.05, 0.1) is 21.0 Å². The van der Waals surface area contributed by atoms with Crippen LogP contribution in [0.2, 0.25) is 5.02 Å². The summed E-state index contributed by atoms with van der Waals surface area (Å²) >= 11 is 10.9. The Kier molecular flexibility index (Phi) is 4.66. The predicted molar refractivity (Wildman–Crippen MR) is 82.8 cm³/mol. The molecule has 0 amide bonds. The fourth-order valence-corrected chi connectivity index (χ4v) is 3.36. The van der Waals surface area contributed by atoms with E-state index >= 15 is 0 Å². The average molecular weight is 360 g/mol. The summed E-state index contributed by atoms with van der Waals surface area (Å²) in [6.07, 6.45) is 0. The minimum absolute atomic E-state index is 0.0631. The number of ketones is 1. The monoisotopic (exact) mass is 358 g/mol. The molecule has 5 heteroatoms. The van der Waals surface area contributed by atoms with E-state index in [0.29, 0.717) is 22.1 Å². The Balaban J connectivity index is 2.35. The van der Waals surface area contributed by atoms with E-state index in [-0.39, 0.29) is 5.78 Å². The number of hydrogen-bond donors (Lipinski definition) is 0. The zero-order valence-corrected chi connectivity index (χ0v) is 13.7. The van der Waals surface area contributed by atoms with E-state index in [0.717, 1.165) is 15.8 Å². The molecule has 2 aromatic rings. The first-order valence-corrected chi connectivity index (χ1v) is 7.80. The van der Waals surface area contributed by atoms with E-state index in [1.807, 2.05) is 19.2 Å². The van der Waals surface area contributed by atoms with Crippen molar-refractivity contribution in [2.75, 3.05) is 6.61 Å². The maximum atomic E-state index is 12.4. The number of ether oxygens (including phenoxy) is 1. The molecule has 100 valence electrons. The van der Waals surface area contributed by atoms with Crippen LogP contribution >= 0.6 is 38.9 Å². The van der Waals surface area contributed by atoms with Crippen molar-refractivity contribution in [1.29, 1.82) is 0 Å². The highest BCUT2D eigenvalue weighted by molar-refractivity contribution is 9.10. The highest BCUT2D eigenvalue weighted by Crippen LogP contribution is 2.32. The summed E-state index contributed by atoms with van der Waals surface area (Å²) in [5.41, 5.74) is 1.53. The largest absolute Gasteiger partial charge is 0.493 e. The minimum Gasteiger partial charge on any atom is -0.493 e. The van der Waals surface area contributed by atoms with Gasteiger partial charge in [0.15, 0.2) is 0 Å². The van der Waals surface area contributed by atoms with Crippen molar-refractivity contribution in [2.24, 2.45) is 0 Å². The number of hydrogen-bond acceptors (Lipinski definition) is 3. The van der Waals surface area contributed by atoms with Gasteiger partial charge < -0.3 is 4.74 Å². The van der Waals surface area contributed by atoms with Gasteiger partial charge in [-0.15, -0.1) is 11.3 Å². The highest BCUT2D eigenvalue weighted by Gasteiger charge is 2.17. The molecule has 19 heavy (non-hydrogen) atoms. The fraction of sp³-hybridized carbons (Fsp3) is 0.214. The van der Waals surface area contributed by atoms with E-state index in [1.165, 1.54) is 11.3 Å². The first-order chi connectivity index (χ1) is 9.04. The van der Waals surface area contributed by atoms with Gasteiger partial charge in [-0.2, -0.15) is 0 Å². The van der Waals surface area contributed by atoms with Crippen LogP contribution in [-0.2, 0) is 0 Å². The second-order valence-electron chi connectivity index (χ2n) is 3.97. The second kappa shape index (κ2) is 6.07. The topological polar surface area (TPSA) is 26.3 Å². The lowest BCUT2D eigenvalue weighted by atomic mass is 10.1. The van der Waals surface area contributed by atoms with Crippen LogP contribution < -0.4 is 4.74 Å². The Hall–Kier alpha value is -0.840. The Morgan fingerprint density at radius 2 is 2.21 bits per heavy atom. The zero-order valence-electron chi connectivity index (χ0n) is 10.5. The minimum atomic E-state index is -0.0631. The van der Waals surface area contributed by atoms with Crippen molar-refractivity contribution < 1.29 is 9.53 Å². The SMILES string of the molecule is CCOc1ccc(C(=O)c2scc(C)c2Cl)cc1Br. The maximum Gasteiger partial charge on any atom is 0.204 e. The van der Waals surface area contributed by atoms with E-state index in [2.05, 4.69) is 15.9 Å². The lowest BCUT2D eigenvalue weighted by Gasteiger charge is -2.07. The summed E-state index contributed by atoms with van der Waals surface area (Å²) in [5, 5.41) is 2.43. The van der Waals surface area contributed by atoms with Gasteiger partial charge in [-0.25, -0.2) is 0 Å². The van der Waals surface area contributed by atoms with Gasteiger partial charge in [0.2, 0.25) is 5.78 Å². The summed E-state index contributed by atoms with van der Waals surface area (Å²) in [4.78, 5) is 12.9. The molecule has 0 fully saturated rings. The quantitative estimate of drug-likeness (QED) is 0.710. The number of thiophene rings is 1. The second-order valence-corrected chi connectivity index (χ2v) is 6.08. The van der Waals surface area contributed by atoms with Crippen molar-refractivity contribution in [3.8, 4) is 5.75 Å². The molecule has 2 nitrogen and oxygen atoms in total. The highest BCUT2D eigenvalue weighted by atomic mass is 79.9. The van der Waals surface area contributed by atoms with E-state index in [9.17, 15) is 4.79 Å². The predicted octanol–water partition coefficient (Wildman–Crippen LogP) is 5.10. The van der Waals surface area contributed by atoms with E-state index < -0.39 is 0 Å². The van der Waals surface area contributed by atoms with Crippen LogP contribution in [0.4, 0.5) is 0 Å². The van der Waals surface area contributed by atoms with Crippen molar-refractivity contribution in [2.45, 2.75) is 13.8 Å². The Morgan fingerprint density at radius 1 is 1.47 bits per heavy atom. The number of aryl methyl sites for hydroxylation is 1. The molecule has 0 N–H and O–H groups in total. The molecule has 0 aliphatic carbocycles. The number of carbonyl (C=O) groups excluding carboxylic acids is 1. The summed E-state index contributed by atoms with van der Waals surface area (Å²) in [6, 6.07) is 5.30. The van der Waals surface area contributed by atoms with Crippen LogP contribution in [0.25, 0.3) is 0 Å². The van der Waals surface area contributed by atoms with Crippen LogP contribution in [0, 0.1) is 6.92 Å². The molecule has 0 radical (unpaired) electrons. The Labute approximate surface area is 129 Å². The normalized spacial score (nSPS) is 10.5. The molecule has 1 heterocycles. The van der Waals surface area contributed by atoms with E-state index in [4.69, 9.17) is 16.3 Å². The number of benzene rings is 1. The number of halogens is 2. The molecule has 2 rings (SSSR count). The van der Waals surface area contributed by atoms with Gasteiger partial charge in [-0.05, 0) is 58.9 Å². The molecule has 0 spiro atoms. The van der Waals surface area contributed by atoms with Crippen LogP contribution in [0.3, 0.4) is 0 Å². The third kappa shape index (κ3) is 3.02. The van der Waals surface area contributed by atoms with Crippen LogP contribution in [0.5, 0.6) is 5.75 Å². The van der Waals surface area contributed by atoms with Gasteiger partial charge in [0.25, 0.3) is 0 Å². The molecule has 0 atom stereocenters. The van der Waals surface area contributed by atoms with Crippen molar-refractivity contribution in [1.82, 2.24) is 0 Å². The van der Waals surface area contributed by atoms with Gasteiger partial charge >= 0.3 is 0 Å². The standard InChI is InChI=1S/C14H12BrClO2S/c1-3-18-11-5-4-9(6-10(11)15)13(17)14-12(16)8(2)7-19-14/h4-7H,3H2,1-2H3. The van der Waals surface area contributed by atoms with Crippen molar-refractivity contribution >= 4 is 44.7 Å². The Morgan fingerprint density at radius 3 is 2.74 bits per heavy atom. The maximum absolute atomic E-state index is 12.4. The molecule has 0 saturated heterocycles. The number of rotatable bonds is 4. The molecular formula is C14H12BrClO2S. The van der Waals surface area contributed by atoms with Crippen molar-refractivity contribution in [3.63, 3.8) is 0 Å². The smallest absolute Gasteiger partial charge is 0.204 e. The third-order valence-corrected chi connectivity index (χ3v) is 4.91. The lowest BCUT2D eigenvalue weighted by molar-refractivity contribution is 0.104. The van der Waals surface area contributed by atoms with Gasteiger partial charge in [-0.3, -0.25) is 4.79 Å². The summed E-state index contributed by atoms with van der Waals surface area (Å²) in [7, 11) is 0. The third-order valence-electron chi connectivity index (χ3n) is 2.60. The molecular weight excluding hydrogens is 348 g/mol. The first kappa shape index (κ1) is 14.6. The van der Waals surface area contributed by atoms with Crippen molar-refractivity contribution in [3.05, 3.63) is 49.1 Å². The number of carbonyl (C=O) groups is 1. The molecule has 0 aliphatic heterocycles. The zero-order chi connectivity index (χ0) is 14.0. The van der Waals surface area contributed by atoms with E-state index in [1.54, 1.807) is 18.2 Å². The molecule has 0 unspecified atom stereocenters. The van der Waals surface area contributed by atoms with Gasteiger partial charge in [0.1, 0.15) is 5.75 Å². The molecule has 1 aromatic carbocycles. The molecule has 0 bridgehead atoms. The lowest BCUT2D eigenvalue weighted by Crippen LogP contribution is -2.00. The van der Waals surface area contributed by atoms with Gasteiger partial charge in [0, 0.05) is 5.56 Å². The Bertz CT molecular complexity index is 622. The summed E-state index contributed by atoms with van der Waals surface area (Å²) in [6.45, 7) is 4.39. The average Bonchev–Trinajstić information content (AvgIpc) is 2.72. The van der Waals surface area contributed by atoms with Crippen LogP contribution in [0.1, 0.15) is 27.7 Å². The fourth-order valence-electron chi connectivity index (χ4n) is 1.63. The van der Waals surface area contributed by atoms with Crippen LogP contribution in [-0.4, -0.2) is 12.4 Å². The summed E-state index contributed by atoms with van der Waals surface area (Å²) in [5.74, 6) is 0.666. The molecule has 0 aliphatic rings. The molecule has 0 saturated carbocycles. The summed E-state index contributed by atoms with van der Waals surface area (Å²) < 4.78 is 6.19. The molecule has 1 aromatic heterocycles. The first-order valence-electron chi connectivity index (χ1n) is 5.75. The van der Waals surface area contributed by atoms with Crippen LogP contribution in [0.15, 0.2) is 28.1 Å².